The first-order chi connectivity index (χ1) is 8.81. The van der Waals surface area contributed by atoms with Crippen molar-refractivity contribution < 1.29 is 4.79 Å². The van der Waals surface area contributed by atoms with Gasteiger partial charge < -0.3 is 5.32 Å². The molecule has 107 valence electrons. The van der Waals surface area contributed by atoms with Crippen LogP contribution in [0.1, 0.15) is 78.1 Å². The first kappa shape index (κ1) is 17.3. The summed E-state index contributed by atoms with van der Waals surface area (Å²) in [6, 6.07) is -0.125. The molecule has 0 aliphatic rings. The van der Waals surface area contributed by atoms with Crippen LogP contribution in [0.15, 0.2) is 0 Å². The zero-order valence-corrected chi connectivity index (χ0v) is 12.3. The smallest absolute Gasteiger partial charge is 0.336 e. The summed E-state index contributed by atoms with van der Waals surface area (Å²) in [6.45, 7) is 5.88. The third-order valence-electron chi connectivity index (χ3n) is 3.07. The highest BCUT2D eigenvalue weighted by Crippen LogP contribution is 2.04. The molecule has 0 saturated carbocycles. The summed E-state index contributed by atoms with van der Waals surface area (Å²) in [5, 5.41) is 6.86. The summed E-state index contributed by atoms with van der Waals surface area (Å²) >= 11 is 0. The van der Waals surface area contributed by atoms with Crippen molar-refractivity contribution in [3.63, 3.8) is 0 Å². The quantitative estimate of drug-likeness (QED) is 0.521. The molecule has 0 spiro atoms. The maximum atomic E-state index is 11.3. The second-order valence-electron chi connectivity index (χ2n) is 4.94. The van der Waals surface area contributed by atoms with Crippen molar-refractivity contribution in [1.29, 1.82) is 0 Å². The molecule has 0 aliphatic carbocycles. The molecular weight excluding hydrogens is 224 g/mol. The van der Waals surface area contributed by atoms with Crippen molar-refractivity contribution in [2.75, 3.05) is 13.1 Å². The molecule has 0 aromatic rings. The van der Waals surface area contributed by atoms with Gasteiger partial charge in [-0.25, -0.2) is 10.1 Å². The highest BCUT2D eigenvalue weighted by molar-refractivity contribution is 5.73. The Balaban J connectivity index is 3.12. The molecule has 0 aliphatic heterocycles. The maximum absolute atomic E-state index is 11.3. The molecule has 0 aromatic carbocycles. The van der Waals surface area contributed by atoms with Gasteiger partial charge in [0.25, 0.3) is 0 Å². The van der Waals surface area contributed by atoms with Crippen LogP contribution in [-0.4, -0.2) is 19.1 Å². The number of amides is 2. The van der Waals surface area contributed by atoms with Gasteiger partial charge in [0.2, 0.25) is 0 Å². The van der Waals surface area contributed by atoms with Crippen LogP contribution in [-0.2, 0) is 0 Å². The van der Waals surface area contributed by atoms with E-state index in [1.54, 1.807) is 0 Å². The Bertz CT molecular complexity index is 183. The topological polar surface area (TPSA) is 43.2 Å². The predicted octanol–water partition coefficient (Wildman–Crippen LogP) is 4.24. The molecule has 18 heavy (non-hydrogen) atoms. The van der Waals surface area contributed by atoms with E-state index in [1.165, 1.54) is 51.4 Å². The Morgan fingerprint density at radius 1 is 0.833 bits per heavy atom. The monoisotopic (exact) mass is 255 g/mol. The second kappa shape index (κ2) is 14.3. The first-order valence-electron chi connectivity index (χ1n) is 7.76. The second-order valence-corrected chi connectivity index (χ2v) is 4.94. The van der Waals surface area contributed by atoms with E-state index in [4.69, 9.17) is 0 Å². The van der Waals surface area contributed by atoms with E-state index in [2.05, 4.69) is 24.5 Å². The lowest BCUT2D eigenvalue weighted by Crippen LogP contribution is -2.31. The zero-order chi connectivity index (χ0) is 13.5. The van der Waals surface area contributed by atoms with E-state index in [0.29, 0.717) is 6.54 Å². The number of nitrogens with one attached hydrogen (secondary N) is 1. The molecule has 3 nitrogen and oxygen atoms in total. The standard InChI is InChI=1S/C15H31N2O/c1-3-5-7-9-10-12-14-17-15(18)16-13-11-8-6-4-2/h3-14H2,1-2H3,(H,16,18). The molecule has 2 amide bonds. The molecule has 0 saturated heterocycles. The van der Waals surface area contributed by atoms with Gasteiger partial charge in [-0.3, -0.25) is 0 Å². The normalized spacial score (nSPS) is 10.3. The van der Waals surface area contributed by atoms with E-state index in [-0.39, 0.29) is 6.03 Å². The summed E-state index contributed by atoms with van der Waals surface area (Å²) in [4.78, 5) is 11.3. The van der Waals surface area contributed by atoms with E-state index in [1.807, 2.05) is 0 Å². The van der Waals surface area contributed by atoms with Gasteiger partial charge in [0.1, 0.15) is 0 Å². The minimum absolute atomic E-state index is 0.125. The number of carbonyl (C=O) groups excluding carboxylic acids is 1. The van der Waals surface area contributed by atoms with Gasteiger partial charge in [0.05, 0.1) is 0 Å². The van der Waals surface area contributed by atoms with Crippen LogP contribution < -0.4 is 10.6 Å². The number of hydrogen-bond acceptors (Lipinski definition) is 1. The number of rotatable bonds is 12. The lowest BCUT2D eigenvalue weighted by Gasteiger charge is -2.05. The molecule has 0 atom stereocenters. The van der Waals surface area contributed by atoms with Crippen molar-refractivity contribution in [2.24, 2.45) is 0 Å². The number of urea groups is 1. The van der Waals surface area contributed by atoms with Crippen molar-refractivity contribution >= 4 is 6.03 Å². The molecule has 0 rings (SSSR count). The van der Waals surface area contributed by atoms with Gasteiger partial charge in [0, 0.05) is 13.1 Å². The minimum atomic E-state index is -0.125. The lowest BCUT2D eigenvalue weighted by molar-refractivity contribution is 0.239. The van der Waals surface area contributed by atoms with Gasteiger partial charge in [-0.1, -0.05) is 65.2 Å². The van der Waals surface area contributed by atoms with Crippen LogP contribution in [0.25, 0.3) is 0 Å². The molecule has 0 unspecified atom stereocenters. The summed E-state index contributed by atoms with van der Waals surface area (Å²) in [5.41, 5.74) is 0. The van der Waals surface area contributed by atoms with Crippen LogP contribution in [0.2, 0.25) is 0 Å². The van der Waals surface area contributed by atoms with E-state index >= 15 is 0 Å². The molecule has 3 heteroatoms. The number of nitrogens with zero attached hydrogens (tertiary/aromatic N) is 1. The van der Waals surface area contributed by atoms with Gasteiger partial charge in [-0.15, -0.1) is 0 Å². The van der Waals surface area contributed by atoms with Gasteiger partial charge in [-0.2, -0.15) is 0 Å². The Morgan fingerprint density at radius 2 is 1.39 bits per heavy atom. The van der Waals surface area contributed by atoms with Crippen molar-refractivity contribution in [3.05, 3.63) is 0 Å². The van der Waals surface area contributed by atoms with Gasteiger partial charge >= 0.3 is 6.03 Å². The fourth-order valence-corrected chi connectivity index (χ4v) is 1.88. The van der Waals surface area contributed by atoms with Crippen molar-refractivity contribution in [3.8, 4) is 0 Å². The first-order valence-corrected chi connectivity index (χ1v) is 7.76. The Morgan fingerprint density at radius 3 is 2.06 bits per heavy atom. The molecule has 1 radical (unpaired) electrons. The van der Waals surface area contributed by atoms with Crippen LogP contribution >= 0.6 is 0 Å². The summed E-state index contributed by atoms with van der Waals surface area (Å²) in [5.74, 6) is 0. The van der Waals surface area contributed by atoms with Crippen molar-refractivity contribution in [1.82, 2.24) is 10.6 Å². The average Bonchev–Trinajstić information content (AvgIpc) is 2.37. The Labute approximate surface area is 113 Å². The fourth-order valence-electron chi connectivity index (χ4n) is 1.88. The third-order valence-corrected chi connectivity index (χ3v) is 3.07. The predicted molar refractivity (Wildman–Crippen MR) is 77.9 cm³/mol. The summed E-state index contributed by atoms with van der Waals surface area (Å²) < 4.78 is 0. The fraction of sp³-hybridized carbons (Fsp3) is 0.933. The maximum Gasteiger partial charge on any atom is 0.336 e. The minimum Gasteiger partial charge on any atom is -0.337 e. The van der Waals surface area contributed by atoms with Crippen molar-refractivity contribution in [2.45, 2.75) is 78.1 Å². The van der Waals surface area contributed by atoms with Crippen LogP contribution in [0, 0.1) is 0 Å². The molecular formula is C15H31N2O. The third kappa shape index (κ3) is 13.3. The molecule has 0 heterocycles. The number of carbonyl (C=O) groups is 1. The van der Waals surface area contributed by atoms with E-state index < -0.39 is 0 Å². The molecule has 1 N–H and O–H groups in total. The average molecular weight is 255 g/mol. The lowest BCUT2D eigenvalue weighted by atomic mass is 10.1. The van der Waals surface area contributed by atoms with E-state index in [9.17, 15) is 4.79 Å². The van der Waals surface area contributed by atoms with Gasteiger partial charge in [-0.05, 0) is 12.8 Å². The van der Waals surface area contributed by atoms with Gasteiger partial charge in [0.15, 0.2) is 0 Å². The zero-order valence-electron chi connectivity index (χ0n) is 12.3. The largest absolute Gasteiger partial charge is 0.337 e. The highest BCUT2D eigenvalue weighted by Gasteiger charge is 2.00. The molecule has 0 fully saturated rings. The SMILES string of the molecule is CCCCCCCC[N]C(=O)NCCCCCC. The Hall–Kier alpha value is -0.730. The van der Waals surface area contributed by atoms with Crippen LogP contribution in [0.4, 0.5) is 4.79 Å². The number of hydrogen-bond donors (Lipinski definition) is 1. The van der Waals surface area contributed by atoms with E-state index in [0.717, 1.165) is 19.4 Å². The summed E-state index contributed by atoms with van der Waals surface area (Å²) in [7, 11) is 0. The Kier molecular flexibility index (Phi) is 13.8. The highest BCUT2D eigenvalue weighted by atomic mass is 16.2. The van der Waals surface area contributed by atoms with Crippen LogP contribution in [0.5, 0.6) is 0 Å². The molecule has 0 aromatic heterocycles. The number of unbranched alkanes of at least 4 members (excludes halogenated alkanes) is 8. The molecule has 0 bridgehead atoms. The van der Waals surface area contributed by atoms with Crippen LogP contribution in [0.3, 0.4) is 0 Å². The summed E-state index contributed by atoms with van der Waals surface area (Å²) in [6.07, 6.45) is 12.2.